The number of carbonyl (C=O) groups is 2. The van der Waals surface area contributed by atoms with Crippen molar-refractivity contribution in [1.29, 1.82) is 5.26 Å². The van der Waals surface area contributed by atoms with Crippen LogP contribution in [0.15, 0.2) is 99.6 Å². The van der Waals surface area contributed by atoms with Gasteiger partial charge in [0, 0.05) is 0 Å². The lowest BCUT2D eigenvalue weighted by Gasteiger charge is -2.13. The van der Waals surface area contributed by atoms with E-state index in [0.717, 1.165) is 11.1 Å². The first-order valence-electron chi connectivity index (χ1n) is 12.3. The number of rotatable bonds is 11. The van der Waals surface area contributed by atoms with E-state index in [9.17, 15) is 14.9 Å². The molecule has 0 unspecified atom stereocenters. The first-order chi connectivity index (χ1) is 19.5. The van der Waals surface area contributed by atoms with Crippen molar-refractivity contribution in [2.24, 2.45) is 0 Å². The third-order valence-electron chi connectivity index (χ3n) is 5.56. The van der Waals surface area contributed by atoms with Gasteiger partial charge in [-0.2, -0.15) is 5.26 Å². The smallest absolute Gasteiger partial charge is 0.349 e. The van der Waals surface area contributed by atoms with Crippen LogP contribution in [0.25, 0.3) is 17.2 Å². The van der Waals surface area contributed by atoms with E-state index in [0.29, 0.717) is 28.2 Å². The number of nitrogens with one attached hydrogen (secondary N) is 1. The van der Waals surface area contributed by atoms with Crippen molar-refractivity contribution < 1.29 is 28.2 Å². The second kappa shape index (κ2) is 13.8. The number of esters is 1. The fourth-order valence-electron chi connectivity index (χ4n) is 3.67. The zero-order valence-corrected chi connectivity index (χ0v) is 23.1. The molecule has 9 heteroatoms. The Morgan fingerprint density at radius 3 is 2.45 bits per heavy atom. The highest BCUT2D eigenvalue weighted by Crippen LogP contribution is 2.32. The predicted octanol–water partition coefficient (Wildman–Crippen LogP) is 6.32. The highest BCUT2D eigenvalue weighted by atomic mass is 79.9. The number of halogens is 1. The molecule has 1 N–H and O–H groups in total. The Labute approximate surface area is 239 Å². The van der Waals surface area contributed by atoms with Crippen molar-refractivity contribution in [1.82, 2.24) is 5.32 Å². The number of benzene rings is 3. The van der Waals surface area contributed by atoms with Gasteiger partial charge in [-0.25, -0.2) is 4.79 Å². The molecule has 0 spiro atoms. The predicted molar refractivity (Wildman–Crippen MR) is 152 cm³/mol. The third-order valence-corrected chi connectivity index (χ3v) is 6.17. The number of nitriles is 1. The normalized spacial score (nSPS) is 10.9. The van der Waals surface area contributed by atoms with Gasteiger partial charge in [0.2, 0.25) is 0 Å². The second-order valence-electron chi connectivity index (χ2n) is 8.35. The van der Waals surface area contributed by atoms with Crippen molar-refractivity contribution in [3.63, 3.8) is 0 Å². The lowest BCUT2D eigenvalue weighted by molar-refractivity contribution is -0.136. The van der Waals surface area contributed by atoms with Crippen LogP contribution in [0.5, 0.6) is 17.2 Å². The summed E-state index contributed by atoms with van der Waals surface area (Å²) in [5.74, 6) is 0.358. The van der Waals surface area contributed by atoms with Crippen LogP contribution in [0.1, 0.15) is 18.2 Å². The van der Waals surface area contributed by atoms with E-state index in [1.807, 2.05) is 48.5 Å². The first kappa shape index (κ1) is 28.2. The van der Waals surface area contributed by atoms with Gasteiger partial charge < -0.3 is 23.9 Å². The first-order valence-corrected chi connectivity index (χ1v) is 13.1. The average Bonchev–Trinajstić information content (AvgIpc) is 3.49. The molecule has 0 saturated heterocycles. The van der Waals surface area contributed by atoms with E-state index in [2.05, 4.69) is 21.2 Å². The molecule has 1 amide bonds. The maximum atomic E-state index is 12.6. The van der Waals surface area contributed by atoms with Crippen LogP contribution >= 0.6 is 15.9 Å². The molecule has 1 aromatic heterocycles. The SMILES string of the molecule is CCOc1cc(/C=C(\C#N)C(=O)NCc2ccco2)ccc1OC(=O)COc1ccc(-c2ccccc2)cc1Br. The molecule has 0 aliphatic rings. The molecule has 0 fully saturated rings. The number of hydrogen-bond donors (Lipinski definition) is 1. The Morgan fingerprint density at radius 1 is 0.950 bits per heavy atom. The maximum Gasteiger partial charge on any atom is 0.349 e. The fraction of sp³-hybridized carbons (Fsp3) is 0.129. The second-order valence-corrected chi connectivity index (χ2v) is 9.20. The molecule has 40 heavy (non-hydrogen) atoms. The molecule has 0 radical (unpaired) electrons. The number of ether oxygens (including phenoxy) is 3. The zero-order valence-electron chi connectivity index (χ0n) is 21.6. The average molecular weight is 601 g/mol. The molecule has 8 nitrogen and oxygen atoms in total. The van der Waals surface area contributed by atoms with Crippen molar-refractivity contribution in [3.8, 4) is 34.4 Å². The highest BCUT2D eigenvalue weighted by Gasteiger charge is 2.15. The number of nitrogens with zero attached hydrogens (tertiary/aromatic N) is 1. The van der Waals surface area contributed by atoms with Gasteiger partial charge in [-0.15, -0.1) is 0 Å². The number of furan rings is 1. The summed E-state index contributed by atoms with van der Waals surface area (Å²) in [4.78, 5) is 25.0. The molecule has 4 rings (SSSR count). The quantitative estimate of drug-likeness (QED) is 0.0928. The van der Waals surface area contributed by atoms with Gasteiger partial charge in [-0.3, -0.25) is 4.79 Å². The van der Waals surface area contributed by atoms with Crippen LogP contribution in [0, 0.1) is 11.3 Å². The molecular weight excluding hydrogens is 576 g/mol. The van der Waals surface area contributed by atoms with Gasteiger partial charge in [0.15, 0.2) is 18.1 Å². The minimum Gasteiger partial charge on any atom is -0.490 e. The number of amides is 1. The van der Waals surface area contributed by atoms with Crippen LogP contribution in [-0.2, 0) is 16.1 Å². The zero-order chi connectivity index (χ0) is 28.3. The summed E-state index contributed by atoms with van der Waals surface area (Å²) < 4.78 is 22.7. The summed E-state index contributed by atoms with van der Waals surface area (Å²) in [5.41, 5.74) is 2.49. The molecule has 4 aromatic rings. The van der Waals surface area contributed by atoms with Crippen LogP contribution < -0.4 is 19.5 Å². The Morgan fingerprint density at radius 2 is 1.75 bits per heavy atom. The minimum absolute atomic E-state index is 0.101. The van der Waals surface area contributed by atoms with E-state index in [1.54, 1.807) is 37.3 Å². The highest BCUT2D eigenvalue weighted by molar-refractivity contribution is 9.10. The molecule has 0 bridgehead atoms. The molecule has 0 atom stereocenters. The Balaban J connectivity index is 1.39. The maximum absolute atomic E-state index is 12.6. The summed E-state index contributed by atoms with van der Waals surface area (Å²) in [6.07, 6.45) is 2.92. The minimum atomic E-state index is -0.627. The summed E-state index contributed by atoms with van der Waals surface area (Å²) in [6.45, 7) is 1.92. The Bertz CT molecular complexity index is 1540. The van der Waals surface area contributed by atoms with Crippen LogP contribution in [0.3, 0.4) is 0 Å². The Kier molecular flexibility index (Phi) is 9.75. The monoisotopic (exact) mass is 600 g/mol. The van der Waals surface area contributed by atoms with Crippen molar-refractivity contribution in [2.75, 3.05) is 13.2 Å². The van der Waals surface area contributed by atoms with Crippen LogP contribution in [-0.4, -0.2) is 25.1 Å². The van der Waals surface area contributed by atoms with Crippen molar-refractivity contribution in [2.45, 2.75) is 13.5 Å². The molecule has 3 aromatic carbocycles. The number of hydrogen-bond acceptors (Lipinski definition) is 7. The van der Waals surface area contributed by atoms with Crippen molar-refractivity contribution in [3.05, 3.63) is 106 Å². The van der Waals surface area contributed by atoms with Gasteiger partial charge in [0.05, 0.1) is 23.9 Å². The largest absolute Gasteiger partial charge is 0.490 e. The molecule has 0 saturated carbocycles. The molecule has 202 valence electrons. The van der Waals surface area contributed by atoms with E-state index in [-0.39, 0.29) is 30.2 Å². The molecule has 0 aliphatic heterocycles. The summed E-state index contributed by atoms with van der Waals surface area (Å²) in [6, 6.07) is 25.6. The van der Waals surface area contributed by atoms with E-state index in [4.69, 9.17) is 18.6 Å². The van der Waals surface area contributed by atoms with Crippen molar-refractivity contribution >= 4 is 33.9 Å². The molecule has 0 aliphatic carbocycles. The van der Waals surface area contributed by atoms with E-state index >= 15 is 0 Å². The van der Waals surface area contributed by atoms with Crippen LogP contribution in [0.4, 0.5) is 0 Å². The molecule has 1 heterocycles. The van der Waals surface area contributed by atoms with Gasteiger partial charge in [0.25, 0.3) is 5.91 Å². The lowest BCUT2D eigenvalue weighted by atomic mass is 10.1. The fourth-order valence-corrected chi connectivity index (χ4v) is 4.17. The summed E-state index contributed by atoms with van der Waals surface area (Å²) >= 11 is 3.50. The standard InChI is InChI=1S/C31H25BrN2O6/c1-2-37-29-16-21(15-24(18-33)31(36)34-19-25-9-6-14-38-25)10-12-28(29)40-30(35)20-39-27-13-11-23(17-26(27)32)22-7-4-3-5-8-22/h3-17H,2,19-20H2,1H3,(H,34,36)/b24-15+. The summed E-state index contributed by atoms with van der Waals surface area (Å²) in [5, 5.41) is 12.1. The van der Waals surface area contributed by atoms with E-state index < -0.39 is 11.9 Å². The Hall–Kier alpha value is -4.81. The third kappa shape index (κ3) is 7.62. The van der Waals surface area contributed by atoms with Gasteiger partial charge in [0.1, 0.15) is 23.2 Å². The topological polar surface area (TPSA) is 111 Å². The van der Waals surface area contributed by atoms with Gasteiger partial charge >= 0.3 is 5.97 Å². The van der Waals surface area contributed by atoms with Gasteiger partial charge in [-0.1, -0.05) is 42.5 Å². The summed E-state index contributed by atoms with van der Waals surface area (Å²) in [7, 11) is 0. The van der Waals surface area contributed by atoms with E-state index in [1.165, 1.54) is 18.4 Å². The number of carbonyl (C=O) groups excluding carboxylic acids is 2. The van der Waals surface area contributed by atoms with Crippen LogP contribution in [0.2, 0.25) is 0 Å². The molecular formula is C31H25BrN2O6. The lowest BCUT2D eigenvalue weighted by Crippen LogP contribution is -2.23. The van der Waals surface area contributed by atoms with Gasteiger partial charge in [-0.05, 0) is 82.0 Å².